The molecule has 2 heterocycles. The second kappa shape index (κ2) is 8.31. The van der Waals surface area contributed by atoms with E-state index in [1.165, 1.54) is 54.3 Å². The molecule has 1 saturated carbocycles. The smallest absolute Gasteiger partial charge is 0.262 e. The number of amides is 1. The van der Waals surface area contributed by atoms with Gasteiger partial charge in [0, 0.05) is 19.6 Å². The molecule has 2 aromatic heterocycles. The summed E-state index contributed by atoms with van der Waals surface area (Å²) in [7, 11) is 3.86. The molecule has 2 aromatic rings. The molecule has 1 aliphatic rings. The van der Waals surface area contributed by atoms with Crippen LogP contribution in [0.3, 0.4) is 0 Å². The summed E-state index contributed by atoms with van der Waals surface area (Å²) >= 11 is 1.30. The van der Waals surface area contributed by atoms with Gasteiger partial charge in [-0.2, -0.15) is 0 Å². The number of aromatic nitrogens is 2. The Hall–Kier alpha value is -1.73. The van der Waals surface area contributed by atoms with Crippen LogP contribution >= 0.6 is 11.3 Å². The van der Waals surface area contributed by atoms with Crippen molar-refractivity contribution in [2.75, 3.05) is 20.1 Å². The Morgan fingerprint density at radius 2 is 2.12 bits per heavy atom. The molecule has 6 nitrogen and oxygen atoms in total. The number of fused-ring (bicyclic) bond motifs is 1. The van der Waals surface area contributed by atoms with Crippen molar-refractivity contribution in [2.24, 2.45) is 7.05 Å². The van der Waals surface area contributed by atoms with E-state index in [1.807, 2.05) is 6.92 Å². The Labute approximate surface area is 158 Å². The van der Waals surface area contributed by atoms with Crippen LogP contribution in [0, 0.1) is 6.92 Å². The predicted molar refractivity (Wildman–Crippen MR) is 106 cm³/mol. The fourth-order valence-electron chi connectivity index (χ4n) is 3.74. The summed E-state index contributed by atoms with van der Waals surface area (Å²) in [5, 5.41) is 3.56. The number of aryl methyl sites for hydroxylation is 2. The lowest BCUT2D eigenvalue weighted by Crippen LogP contribution is -2.35. The van der Waals surface area contributed by atoms with Crippen LogP contribution in [-0.4, -0.2) is 46.5 Å². The lowest BCUT2D eigenvalue weighted by molar-refractivity contribution is 0.0954. The highest BCUT2D eigenvalue weighted by molar-refractivity contribution is 7.20. The van der Waals surface area contributed by atoms with Crippen LogP contribution in [0.5, 0.6) is 0 Å². The highest BCUT2D eigenvalue weighted by Crippen LogP contribution is 2.26. The molecule has 0 spiro atoms. The van der Waals surface area contributed by atoms with E-state index in [4.69, 9.17) is 0 Å². The Balaban J connectivity index is 1.55. The molecule has 26 heavy (non-hydrogen) atoms. The second-order valence-corrected chi connectivity index (χ2v) is 8.28. The van der Waals surface area contributed by atoms with Crippen molar-refractivity contribution in [2.45, 2.75) is 51.5 Å². The number of hydrogen-bond acceptors (Lipinski definition) is 5. The summed E-state index contributed by atoms with van der Waals surface area (Å²) in [4.78, 5) is 32.7. The van der Waals surface area contributed by atoms with Crippen molar-refractivity contribution in [3.63, 3.8) is 0 Å². The summed E-state index contributed by atoms with van der Waals surface area (Å²) in [6, 6.07) is 0.701. The Kier molecular flexibility index (Phi) is 6.09. The van der Waals surface area contributed by atoms with Crippen LogP contribution in [-0.2, 0) is 7.05 Å². The zero-order valence-corrected chi connectivity index (χ0v) is 16.7. The zero-order valence-electron chi connectivity index (χ0n) is 15.9. The van der Waals surface area contributed by atoms with Crippen molar-refractivity contribution >= 4 is 27.5 Å². The van der Waals surface area contributed by atoms with Crippen LogP contribution in [0.2, 0.25) is 0 Å². The first-order valence-electron chi connectivity index (χ1n) is 9.42. The Morgan fingerprint density at radius 3 is 2.85 bits per heavy atom. The van der Waals surface area contributed by atoms with E-state index in [2.05, 4.69) is 22.2 Å². The van der Waals surface area contributed by atoms with Crippen molar-refractivity contribution in [1.82, 2.24) is 19.8 Å². The molecule has 1 N–H and O–H groups in total. The molecule has 0 bridgehead atoms. The van der Waals surface area contributed by atoms with E-state index < -0.39 is 0 Å². The third-order valence-electron chi connectivity index (χ3n) is 5.39. The van der Waals surface area contributed by atoms with E-state index in [1.54, 1.807) is 7.05 Å². The maximum atomic E-state index is 12.5. The second-order valence-electron chi connectivity index (χ2n) is 7.28. The average Bonchev–Trinajstić information content (AvgIpc) is 2.99. The molecule has 0 saturated heterocycles. The van der Waals surface area contributed by atoms with Gasteiger partial charge in [-0.25, -0.2) is 4.98 Å². The minimum Gasteiger partial charge on any atom is -0.351 e. The SMILES string of the molecule is Cc1c(C(=O)NCCCN(C)C2CCCCC2)sc2ncn(C)c(=O)c12. The van der Waals surface area contributed by atoms with Gasteiger partial charge in [-0.3, -0.25) is 9.59 Å². The van der Waals surface area contributed by atoms with Crippen molar-refractivity contribution < 1.29 is 4.79 Å². The van der Waals surface area contributed by atoms with Gasteiger partial charge in [0.25, 0.3) is 11.5 Å². The molecule has 142 valence electrons. The van der Waals surface area contributed by atoms with Gasteiger partial charge < -0.3 is 14.8 Å². The predicted octanol–water partition coefficient (Wildman–Crippen LogP) is 2.69. The van der Waals surface area contributed by atoms with E-state index in [9.17, 15) is 9.59 Å². The average molecular weight is 377 g/mol. The lowest BCUT2D eigenvalue weighted by atomic mass is 9.94. The number of nitrogens with zero attached hydrogens (tertiary/aromatic N) is 3. The molecule has 7 heteroatoms. The summed E-state index contributed by atoms with van der Waals surface area (Å²) in [6.45, 7) is 3.47. The van der Waals surface area contributed by atoms with E-state index in [0.717, 1.165) is 18.5 Å². The first-order valence-corrected chi connectivity index (χ1v) is 10.2. The summed E-state index contributed by atoms with van der Waals surface area (Å²) in [5.41, 5.74) is 0.632. The van der Waals surface area contributed by atoms with Crippen molar-refractivity contribution in [3.05, 3.63) is 27.1 Å². The number of hydrogen-bond donors (Lipinski definition) is 1. The van der Waals surface area contributed by atoms with Gasteiger partial charge in [0.05, 0.1) is 16.6 Å². The molecule has 0 aliphatic heterocycles. The molecule has 0 aromatic carbocycles. The van der Waals surface area contributed by atoms with Gasteiger partial charge in [-0.15, -0.1) is 11.3 Å². The topological polar surface area (TPSA) is 67.2 Å². The number of rotatable bonds is 6. The third kappa shape index (κ3) is 3.99. The van der Waals surface area contributed by atoms with Gasteiger partial charge in [-0.1, -0.05) is 19.3 Å². The molecule has 3 rings (SSSR count). The van der Waals surface area contributed by atoms with Gasteiger partial charge in [0.1, 0.15) is 4.83 Å². The summed E-state index contributed by atoms with van der Waals surface area (Å²) in [5.74, 6) is -0.104. The van der Waals surface area contributed by atoms with E-state index in [-0.39, 0.29) is 11.5 Å². The highest BCUT2D eigenvalue weighted by Gasteiger charge is 2.19. The van der Waals surface area contributed by atoms with Crippen LogP contribution in [0.4, 0.5) is 0 Å². The van der Waals surface area contributed by atoms with Crippen LogP contribution in [0.25, 0.3) is 10.2 Å². The first-order chi connectivity index (χ1) is 12.5. The minimum atomic E-state index is -0.104. The molecule has 1 aliphatic carbocycles. The largest absolute Gasteiger partial charge is 0.351 e. The van der Waals surface area contributed by atoms with Crippen LogP contribution < -0.4 is 10.9 Å². The minimum absolute atomic E-state index is 0.100. The van der Waals surface area contributed by atoms with Crippen LogP contribution in [0.15, 0.2) is 11.1 Å². The first kappa shape index (κ1) is 19.0. The van der Waals surface area contributed by atoms with Crippen molar-refractivity contribution in [3.8, 4) is 0 Å². The summed E-state index contributed by atoms with van der Waals surface area (Å²) < 4.78 is 1.45. The van der Waals surface area contributed by atoms with E-state index >= 15 is 0 Å². The summed E-state index contributed by atoms with van der Waals surface area (Å²) in [6.07, 6.45) is 9.07. The molecular weight excluding hydrogens is 348 g/mol. The van der Waals surface area contributed by atoms with Gasteiger partial charge in [-0.05, 0) is 45.3 Å². The quantitative estimate of drug-likeness (QED) is 0.787. The number of thiophene rings is 1. The molecule has 1 fully saturated rings. The lowest BCUT2D eigenvalue weighted by Gasteiger charge is -2.31. The Bertz CT molecular complexity index is 836. The molecule has 0 unspecified atom stereocenters. The number of carbonyl (C=O) groups is 1. The molecule has 0 atom stereocenters. The van der Waals surface area contributed by atoms with Gasteiger partial charge >= 0.3 is 0 Å². The number of carbonyl (C=O) groups excluding carboxylic acids is 1. The third-order valence-corrected chi connectivity index (χ3v) is 6.59. The number of nitrogens with one attached hydrogen (secondary N) is 1. The fourth-order valence-corrected chi connectivity index (χ4v) is 4.80. The monoisotopic (exact) mass is 376 g/mol. The molecule has 1 amide bonds. The Morgan fingerprint density at radius 1 is 1.38 bits per heavy atom. The maximum Gasteiger partial charge on any atom is 0.262 e. The zero-order chi connectivity index (χ0) is 18.7. The maximum absolute atomic E-state index is 12.5. The molecular formula is C19H28N4O2S. The van der Waals surface area contributed by atoms with Gasteiger partial charge in [0.2, 0.25) is 0 Å². The standard InChI is InChI=1S/C19H28N4O2S/c1-13-15-18(21-12-23(3)19(15)25)26-16(13)17(24)20-10-7-11-22(2)14-8-5-4-6-9-14/h12,14H,4-11H2,1-3H3,(H,20,24). The van der Waals surface area contributed by atoms with Crippen LogP contribution in [0.1, 0.15) is 53.8 Å². The van der Waals surface area contributed by atoms with Gasteiger partial charge in [0.15, 0.2) is 0 Å². The highest BCUT2D eigenvalue weighted by atomic mass is 32.1. The normalized spacial score (nSPS) is 15.7. The van der Waals surface area contributed by atoms with Crippen molar-refractivity contribution in [1.29, 1.82) is 0 Å². The molecule has 0 radical (unpaired) electrons. The fraction of sp³-hybridized carbons (Fsp3) is 0.632. The van der Waals surface area contributed by atoms with E-state index in [0.29, 0.717) is 27.7 Å².